The van der Waals surface area contributed by atoms with Gasteiger partial charge in [0, 0.05) is 12.6 Å². The minimum absolute atomic E-state index is 0.00362. The number of nitrogens with zero attached hydrogens (tertiary/aromatic N) is 2. The number of benzene rings is 3. The summed E-state index contributed by atoms with van der Waals surface area (Å²) in [5.74, 6) is -0.915. The van der Waals surface area contributed by atoms with Crippen molar-refractivity contribution in [2.24, 2.45) is 0 Å². The normalized spacial score (nSPS) is 14.7. The average molecular weight is 686 g/mol. The molecule has 1 aliphatic carbocycles. The highest BCUT2D eigenvalue weighted by atomic mass is 35.5. The molecule has 3 aromatic carbocycles. The molecular weight excluding hydrogens is 652 g/mol. The number of rotatable bonds is 10. The van der Waals surface area contributed by atoms with Gasteiger partial charge >= 0.3 is 0 Å². The predicted molar refractivity (Wildman–Crippen MR) is 174 cm³/mol. The number of aryl methyl sites for hydroxylation is 1. The lowest BCUT2D eigenvalue weighted by Gasteiger charge is -2.33. The molecule has 7 nitrogen and oxygen atoms in total. The largest absolute Gasteiger partial charge is 0.352 e. The summed E-state index contributed by atoms with van der Waals surface area (Å²) >= 11 is 24.8. The van der Waals surface area contributed by atoms with Gasteiger partial charge in [-0.1, -0.05) is 89.4 Å². The maximum Gasteiger partial charge on any atom is 0.264 e. The Bertz CT molecular complexity index is 1580. The molecule has 0 radical (unpaired) electrons. The number of carbonyl (C=O) groups is 2. The van der Waals surface area contributed by atoms with Gasteiger partial charge in [0.25, 0.3) is 10.0 Å². The van der Waals surface area contributed by atoms with Crippen molar-refractivity contribution in [1.82, 2.24) is 10.2 Å². The molecular formula is C31H33Cl4N3O4S. The van der Waals surface area contributed by atoms with Crippen LogP contribution in [0.4, 0.5) is 5.69 Å². The first-order valence-electron chi connectivity index (χ1n) is 13.9. The van der Waals surface area contributed by atoms with E-state index in [1.54, 1.807) is 37.3 Å². The highest BCUT2D eigenvalue weighted by Gasteiger charge is 2.33. The van der Waals surface area contributed by atoms with Crippen LogP contribution < -0.4 is 9.62 Å². The molecule has 0 aromatic heterocycles. The zero-order chi connectivity index (χ0) is 31.3. The Morgan fingerprint density at radius 2 is 1.47 bits per heavy atom. The van der Waals surface area contributed by atoms with E-state index < -0.39 is 28.5 Å². The van der Waals surface area contributed by atoms with Gasteiger partial charge in [-0.3, -0.25) is 13.9 Å². The summed E-state index contributed by atoms with van der Waals surface area (Å²) in [6, 6.07) is 14.7. The van der Waals surface area contributed by atoms with E-state index in [4.69, 9.17) is 46.4 Å². The molecule has 2 amide bonds. The van der Waals surface area contributed by atoms with Crippen molar-refractivity contribution in [2.75, 3.05) is 10.8 Å². The molecule has 0 spiro atoms. The Labute approximate surface area is 273 Å². The van der Waals surface area contributed by atoms with Crippen molar-refractivity contribution in [3.05, 3.63) is 91.9 Å². The minimum atomic E-state index is -4.24. The zero-order valence-corrected chi connectivity index (χ0v) is 27.7. The topological polar surface area (TPSA) is 86.8 Å². The molecule has 0 saturated heterocycles. The van der Waals surface area contributed by atoms with Crippen molar-refractivity contribution in [2.45, 2.75) is 69.5 Å². The van der Waals surface area contributed by atoms with Gasteiger partial charge in [0.05, 0.1) is 30.7 Å². The van der Waals surface area contributed by atoms with Crippen molar-refractivity contribution in [1.29, 1.82) is 0 Å². The fourth-order valence-corrected chi connectivity index (χ4v) is 7.01. The fraction of sp³-hybridized carbons (Fsp3) is 0.355. The first-order valence-corrected chi connectivity index (χ1v) is 16.9. The number of amides is 2. The lowest BCUT2D eigenvalue weighted by molar-refractivity contribution is -0.139. The zero-order valence-electron chi connectivity index (χ0n) is 23.8. The lowest BCUT2D eigenvalue weighted by atomic mass is 9.95. The summed E-state index contributed by atoms with van der Waals surface area (Å²) in [5, 5.41) is 4.08. The quantitative estimate of drug-likeness (QED) is 0.238. The number of anilines is 1. The van der Waals surface area contributed by atoms with E-state index in [0.717, 1.165) is 42.0 Å². The van der Waals surface area contributed by atoms with Gasteiger partial charge in [0.1, 0.15) is 12.6 Å². The first-order chi connectivity index (χ1) is 20.4. The van der Waals surface area contributed by atoms with E-state index in [0.29, 0.717) is 15.6 Å². The van der Waals surface area contributed by atoms with E-state index in [-0.39, 0.29) is 39.1 Å². The molecule has 0 bridgehead atoms. The van der Waals surface area contributed by atoms with Crippen molar-refractivity contribution in [3.8, 4) is 0 Å². The van der Waals surface area contributed by atoms with Crippen LogP contribution in [0.15, 0.2) is 65.6 Å². The highest BCUT2D eigenvalue weighted by molar-refractivity contribution is 7.92. The summed E-state index contributed by atoms with van der Waals surface area (Å²) in [4.78, 5) is 28.9. The summed E-state index contributed by atoms with van der Waals surface area (Å²) in [6.07, 6.45) is 4.93. The molecule has 1 atom stereocenters. The van der Waals surface area contributed by atoms with E-state index in [1.807, 2.05) is 6.92 Å². The smallest absolute Gasteiger partial charge is 0.264 e. The van der Waals surface area contributed by atoms with Gasteiger partial charge in [0.15, 0.2) is 0 Å². The summed E-state index contributed by atoms with van der Waals surface area (Å²) in [7, 11) is -4.24. The molecule has 1 saturated carbocycles. The maximum absolute atomic E-state index is 14.1. The Morgan fingerprint density at radius 3 is 2.07 bits per heavy atom. The number of sulfonamides is 1. The maximum atomic E-state index is 14.1. The Morgan fingerprint density at radius 1 is 0.860 bits per heavy atom. The van der Waals surface area contributed by atoms with Crippen LogP contribution in [0.1, 0.15) is 50.2 Å². The van der Waals surface area contributed by atoms with Crippen LogP contribution in [0.2, 0.25) is 20.1 Å². The second-order valence-corrected chi connectivity index (χ2v) is 14.2. The van der Waals surface area contributed by atoms with Crippen LogP contribution in [0.25, 0.3) is 0 Å². The average Bonchev–Trinajstić information content (AvgIpc) is 2.98. The van der Waals surface area contributed by atoms with Gasteiger partial charge in [-0.15, -0.1) is 0 Å². The Hall–Kier alpha value is -2.49. The molecule has 0 heterocycles. The van der Waals surface area contributed by atoms with Crippen LogP contribution in [0.5, 0.6) is 0 Å². The lowest BCUT2D eigenvalue weighted by Crippen LogP contribution is -2.53. The van der Waals surface area contributed by atoms with E-state index in [1.165, 1.54) is 35.2 Å². The van der Waals surface area contributed by atoms with Gasteiger partial charge in [-0.05, 0) is 74.7 Å². The molecule has 1 aliphatic rings. The Kier molecular flexibility index (Phi) is 11.3. The molecule has 3 aromatic rings. The van der Waals surface area contributed by atoms with E-state index >= 15 is 0 Å². The minimum Gasteiger partial charge on any atom is -0.352 e. The molecule has 0 unspecified atom stereocenters. The summed E-state index contributed by atoms with van der Waals surface area (Å²) < 4.78 is 28.9. The summed E-state index contributed by atoms with van der Waals surface area (Å²) in [5.41, 5.74) is 1.65. The van der Waals surface area contributed by atoms with Gasteiger partial charge in [0.2, 0.25) is 11.8 Å². The van der Waals surface area contributed by atoms with Crippen molar-refractivity contribution in [3.63, 3.8) is 0 Å². The molecule has 43 heavy (non-hydrogen) atoms. The summed E-state index contributed by atoms with van der Waals surface area (Å²) in [6.45, 7) is 2.87. The van der Waals surface area contributed by atoms with Crippen molar-refractivity contribution < 1.29 is 18.0 Å². The second kappa shape index (κ2) is 14.5. The van der Waals surface area contributed by atoms with E-state index in [2.05, 4.69) is 5.32 Å². The predicted octanol–water partition coefficient (Wildman–Crippen LogP) is 7.67. The molecule has 230 valence electrons. The SMILES string of the molecule is Cc1ccc(S(=O)(=O)N(CC(=O)N(Cc2ccc(Cl)c(Cl)c2)[C@@H](C)C(=O)NC2CCCCC2)c2ccc(Cl)c(Cl)c2)cc1. The third-order valence-electron chi connectivity index (χ3n) is 7.53. The van der Waals surface area contributed by atoms with Gasteiger partial charge in [-0.2, -0.15) is 0 Å². The molecule has 1 N–H and O–H groups in total. The molecule has 4 rings (SSSR count). The fourth-order valence-electron chi connectivity index (χ4n) is 4.99. The monoisotopic (exact) mass is 683 g/mol. The Balaban J connectivity index is 1.71. The third kappa shape index (κ3) is 8.37. The third-order valence-corrected chi connectivity index (χ3v) is 10.8. The second-order valence-electron chi connectivity index (χ2n) is 10.7. The van der Waals surface area contributed by atoms with Crippen LogP contribution in [0, 0.1) is 6.92 Å². The first kappa shape index (κ1) is 33.4. The van der Waals surface area contributed by atoms with Crippen LogP contribution in [0.3, 0.4) is 0 Å². The van der Waals surface area contributed by atoms with E-state index in [9.17, 15) is 18.0 Å². The standard InChI is InChI=1S/C31H33Cl4N3O4S/c1-20-8-12-25(13-9-20)43(41,42)38(24-11-15-27(33)29(35)17-24)19-30(39)37(18-22-10-14-26(32)28(34)16-22)21(2)31(40)36-23-6-4-3-5-7-23/h8-17,21,23H,3-7,18-19H2,1-2H3,(H,36,40)/t21-/m0/s1. The molecule has 12 heteroatoms. The van der Waals surface area contributed by atoms with Crippen LogP contribution >= 0.6 is 46.4 Å². The number of halogens is 4. The van der Waals surface area contributed by atoms with Gasteiger partial charge < -0.3 is 10.2 Å². The van der Waals surface area contributed by atoms with Crippen molar-refractivity contribution >= 4 is 73.9 Å². The highest BCUT2D eigenvalue weighted by Crippen LogP contribution is 2.31. The number of nitrogens with one attached hydrogen (secondary N) is 1. The number of hydrogen-bond donors (Lipinski definition) is 1. The molecule has 0 aliphatic heterocycles. The van der Waals surface area contributed by atoms with Crippen LogP contribution in [-0.2, 0) is 26.2 Å². The number of carbonyl (C=O) groups excluding carboxylic acids is 2. The van der Waals surface area contributed by atoms with Gasteiger partial charge in [-0.25, -0.2) is 8.42 Å². The molecule has 1 fully saturated rings. The number of hydrogen-bond acceptors (Lipinski definition) is 4. The van der Waals surface area contributed by atoms with Crippen LogP contribution in [-0.4, -0.2) is 43.8 Å².